The van der Waals surface area contributed by atoms with Crippen molar-refractivity contribution in [2.45, 2.75) is 43.4 Å². The van der Waals surface area contributed by atoms with Crippen LogP contribution in [0.3, 0.4) is 0 Å². The highest BCUT2D eigenvalue weighted by Gasteiger charge is 2.45. The standard InChI is InChI=1S/C18H20FNO3S/c1-12-18(2,3)15-11-14(24(21,22)23)9-10-16(15)20(12)17(19)13-7-5-4-6-8-13/h4-12,17H,1-3H3,(H,21,22,23). The summed E-state index contributed by atoms with van der Waals surface area (Å²) in [7, 11) is -4.29. The largest absolute Gasteiger partial charge is 0.334 e. The topological polar surface area (TPSA) is 57.6 Å². The molecule has 0 spiro atoms. The minimum absolute atomic E-state index is 0.168. The Morgan fingerprint density at radius 3 is 2.38 bits per heavy atom. The van der Waals surface area contributed by atoms with Crippen molar-refractivity contribution in [3.05, 3.63) is 59.7 Å². The van der Waals surface area contributed by atoms with Gasteiger partial charge in [0.15, 0.2) is 6.30 Å². The van der Waals surface area contributed by atoms with Crippen LogP contribution in [0.25, 0.3) is 0 Å². The second-order valence-electron chi connectivity index (χ2n) is 6.71. The molecule has 0 aromatic heterocycles. The van der Waals surface area contributed by atoms with Crippen molar-refractivity contribution in [2.24, 2.45) is 0 Å². The molecule has 2 aromatic carbocycles. The fourth-order valence-corrected chi connectivity index (χ4v) is 3.80. The lowest BCUT2D eigenvalue weighted by Crippen LogP contribution is -2.40. The number of fused-ring (bicyclic) bond motifs is 1. The van der Waals surface area contributed by atoms with E-state index in [2.05, 4.69) is 0 Å². The summed E-state index contributed by atoms with van der Waals surface area (Å²) in [6, 6.07) is 13.0. The molecule has 0 radical (unpaired) electrons. The lowest BCUT2D eigenvalue weighted by molar-refractivity contribution is 0.287. The van der Waals surface area contributed by atoms with Crippen LogP contribution in [-0.4, -0.2) is 19.0 Å². The zero-order valence-electron chi connectivity index (χ0n) is 13.8. The fraction of sp³-hybridized carbons (Fsp3) is 0.333. The first-order valence-electron chi connectivity index (χ1n) is 7.73. The third kappa shape index (κ3) is 2.59. The van der Waals surface area contributed by atoms with Crippen molar-refractivity contribution in [1.82, 2.24) is 0 Å². The zero-order valence-corrected chi connectivity index (χ0v) is 14.6. The molecule has 1 N–H and O–H groups in total. The molecule has 4 nitrogen and oxygen atoms in total. The van der Waals surface area contributed by atoms with Gasteiger partial charge in [0.25, 0.3) is 10.1 Å². The molecule has 2 atom stereocenters. The highest BCUT2D eigenvalue weighted by molar-refractivity contribution is 7.85. The maximum Gasteiger partial charge on any atom is 0.294 e. The molecule has 2 aromatic rings. The SMILES string of the molecule is CC1N(C(F)c2ccccc2)c2ccc(S(=O)(=O)O)cc2C1(C)C. The van der Waals surface area contributed by atoms with Gasteiger partial charge in [-0.3, -0.25) is 4.55 Å². The molecular weight excluding hydrogens is 329 g/mol. The Morgan fingerprint density at radius 1 is 1.17 bits per heavy atom. The molecule has 0 saturated heterocycles. The van der Waals surface area contributed by atoms with E-state index < -0.39 is 21.8 Å². The number of halogens is 1. The number of hydrogen-bond acceptors (Lipinski definition) is 3. The van der Waals surface area contributed by atoms with Gasteiger partial charge >= 0.3 is 0 Å². The van der Waals surface area contributed by atoms with Gasteiger partial charge in [-0.2, -0.15) is 8.42 Å². The molecule has 3 rings (SSSR count). The summed E-state index contributed by atoms with van der Waals surface area (Å²) in [4.78, 5) is 1.50. The summed E-state index contributed by atoms with van der Waals surface area (Å²) >= 11 is 0. The quantitative estimate of drug-likeness (QED) is 0.670. The number of alkyl halides is 1. The molecule has 0 fully saturated rings. The molecule has 0 saturated carbocycles. The van der Waals surface area contributed by atoms with Crippen molar-refractivity contribution in [2.75, 3.05) is 4.90 Å². The normalized spacial score (nSPS) is 20.7. The monoisotopic (exact) mass is 349 g/mol. The zero-order chi connectivity index (χ0) is 17.7. The van der Waals surface area contributed by atoms with Gasteiger partial charge in [-0.15, -0.1) is 0 Å². The van der Waals surface area contributed by atoms with Gasteiger partial charge in [0, 0.05) is 22.7 Å². The molecule has 128 valence electrons. The summed E-state index contributed by atoms with van der Waals surface area (Å²) in [5.74, 6) is 0. The van der Waals surface area contributed by atoms with E-state index in [1.54, 1.807) is 35.2 Å². The molecule has 1 aliphatic heterocycles. The number of anilines is 1. The average molecular weight is 349 g/mol. The smallest absolute Gasteiger partial charge is 0.294 e. The molecule has 1 aliphatic rings. The van der Waals surface area contributed by atoms with Gasteiger partial charge < -0.3 is 4.90 Å². The van der Waals surface area contributed by atoms with Gasteiger partial charge in [-0.05, 0) is 30.7 Å². The van der Waals surface area contributed by atoms with E-state index in [0.717, 1.165) is 0 Å². The molecule has 0 bridgehead atoms. The van der Waals surface area contributed by atoms with Gasteiger partial charge in [-0.25, -0.2) is 4.39 Å². The van der Waals surface area contributed by atoms with Crippen LogP contribution >= 0.6 is 0 Å². The first-order chi connectivity index (χ1) is 11.1. The van der Waals surface area contributed by atoms with E-state index in [9.17, 15) is 13.0 Å². The maximum atomic E-state index is 15.2. The highest BCUT2D eigenvalue weighted by atomic mass is 32.2. The van der Waals surface area contributed by atoms with Gasteiger partial charge in [0.1, 0.15) is 0 Å². The van der Waals surface area contributed by atoms with Crippen LogP contribution in [0, 0.1) is 0 Å². The molecule has 1 heterocycles. The van der Waals surface area contributed by atoms with Gasteiger partial charge in [0.05, 0.1) is 4.90 Å². The van der Waals surface area contributed by atoms with Crippen LogP contribution < -0.4 is 4.90 Å². The Balaban J connectivity index is 2.13. The van der Waals surface area contributed by atoms with Crippen LogP contribution in [0.1, 0.15) is 38.2 Å². The fourth-order valence-electron chi connectivity index (χ4n) is 3.29. The molecule has 0 amide bonds. The molecule has 0 aliphatic carbocycles. The first kappa shape index (κ1) is 16.9. The lowest BCUT2D eigenvalue weighted by atomic mass is 9.81. The van der Waals surface area contributed by atoms with Crippen LogP contribution in [0.4, 0.5) is 10.1 Å². The third-order valence-electron chi connectivity index (χ3n) is 5.02. The van der Waals surface area contributed by atoms with Crippen molar-refractivity contribution < 1.29 is 17.4 Å². The second kappa shape index (κ2) is 5.57. The third-order valence-corrected chi connectivity index (χ3v) is 5.87. The molecule has 24 heavy (non-hydrogen) atoms. The van der Waals surface area contributed by atoms with E-state index in [4.69, 9.17) is 0 Å². The van der Waals surface area contributed by atoms with Crippen molar-refractivity contribution in [3.8, 4) is 0 Å². The minimum atomic E-state index is -4.29. The predicted octanol–water partition coefficient (Wildman–Crippen LogP) is 4.09. The van der Waals surface area contributed by atoms with Crippen LogP contribution in [0.2, 0.25) is 0 Å². The second-order valence-corrected chi connectivity index (χ2v) is 8.13. The van der Waals surface area contributed by atoms with Gasteiger partial charge in [-0.1, -0.05) is 44.2 Å². The highest BCUT2D eigenvalue weighted by Crippen LogP contribution is 2.49. The number of benzene rings is 2. The van der Waals surface area contributed by atoms with Crippen LogP contribution in [0.5, 0.6) is 0 Å². The summed E-state index contributed by atoms with van der Waals surface area (Å²) < 4.78 is 47.4. The van der Waals surface area contributed by atoms with E-state index in [1.165, 1.54) is 12.1 Å². The summed E-state index contributed by atoms with van der Waals surface area (Å²) in [5.41, 5.74) is 1.45. The number of rotatable bonds is 3. The summed E-state index contributed by atoms with van der Waals surface area (Å²) in [5, 5.41) is 0. The Labute approximate surface area is 141 Å². The van der Waals surface area contributed by atoms with Crippen LogP contribution in [0.15, 0.2) is 53.4 Å². The summed E-state index contributed by atoms with van der Waals surface area (Å²) in [6.07, 6.45) is -1.33. The first-order valence-corrected chi connectivity index (χ1v) is 9.17. The van der Waals surface area contributed by atoms with E-state index in [0.29, 0.717) is 16.8 Å². The number of hydrogen-bond donors (Lipinski definition) is 1. The Bertz CT molecular complexity index is 865. The molecule has 6 heteroatoms. The average Bonchev–Trinajstić information content (AvgIpc) is 2.73. The predicted molar refractivity (Wildman–Crippen MR) is 91.5 cm³/mol. The van der Waals surface area contributed by atoms with Crippen molar-refractivity contribution in [3.63, 3.8) is 0 Å². The van der Waals surface area contributed by atoms with Crippen molar-refractivity contribution in [1.29, 1.82) is 0 Å². The van der Waals surface area contributed by atoms with Crippen LogP contribution in [-0.2, 0) is 15.5 Å². The van der Waals surface area contributed by atoms with Gasteiger partial charge in [0.2, 0.25) is 0 Å². The number of nitrogens with zero attached hydrogens (tertiary/aromatic N) is 1. The molecule has 2 unspecified atom stereocenters. The minimum Gasteiger partial charge on any atom is -0.334 e. The van der Waals surface area contributed by atoms with E-state index in [-0.39, 0.29) is 10.9 Å². The summed E-state index contributed by atoms with van der Waals surface area (Å²) in [6.45, 7) is 5.81. The Hall–Kier alpha value is -1.92. The Kier molecular flexibility index (Phi) is 3.92. The van der Waals surface area contributed by atoms with E-state index in [1.807, 2.05) is 26.8 Å². The van der Waals surface area contributed by atoms with E-state index >= 15 is 4.39 Å². The Morgan fingerprint density at radius 2 is 1.79 bits per heavy atom. The maximum absolute atomic E-state index is 15.2. The molecular formula is C18H20FNO3S. The lowest BCUT2D eigenvalue weighted by Gasteiger charge is -2.33. The van der Waals surface area contributed by atoms with Crippen molar-refractivity contribution >= 4 is 15.8 Å².